The monoisotopic (exact) mass is 355 g/mol. The molecule has 7 heteroatoms. The largest absolute Gasteiger partial charge is 0.384 e. The van der Waals surface area contributed by atoms with Crippen molar-refractivity contribution in [3.63, 3.8) is 0 Å². The summed E-state index contributed by atoms with van der Waals surface area (Å²) in [6.07, 6.45) is 2.95. The zero-order valence-electron chi connectivity index (χ0n) is 13.7. The Hall–Kier alpha value is -0.0700. The van der Waals surface area contributed by atoms with Gasteiger partial charge in [-0.05, 0) is 51.4 Å². The number of carbonyl (C=O) groups excluding carboxylic acids is 1. The summed E-state index contributed by atoms with van der Waals surface area (Å²) in [7, 11) is 1.69. The van der Waals surface area contributed by atoms with Crippen LogP contribution in [0.5, 0.6) is 0 Å². The van der Waals surface area contributed by atoms with Gasteiger partial charge in [0.2, 0.25) is 5.91 Å². The Morgan fingerprint density at radius 3 is 2.59 bits per heavy atom. The summed E-state index contributed by atoms with van der Waals surface area (Å²) in [5.41, 5.74) is -0.316. The maximum atomic E-state index is 12.6. The molecule has 2 aliphatic rings. The van der Waals surface area contributed by atoms with Crippen molar-refractivity contribution in [1.82, 2.24) is 15.5 Å². The highest BCUT2D eigenvalue weighted by atomic mass is 35.5. The minimum Gasteiger partial charge on any atom is -0.384 e. The molecule has 2 fully saturated rings. The summed E-state index contributed by atoms with van der Waals surface area (Å²) < 4.78 is 5.32. The maximum absolute atomic E-state index is 12.6. The number of piperidine rings is 1. The van der Waals surface area contributed by atoms with Gasteiger partial charge in [-0.25, -0.2) is 0 Å². The number of hydrogen-bond donors (Lipinski definition) is 2. The minimum atomic E-state index is -0.316. The lowest BCUT2D eigenvalue weighted by atomic mass is 9.78. The van der Waals surface area contributed by atoms with Crippen molar-refractivity contribution in [2.24, 2.45) is 11.3 Å². The number of rotatable bonds is 6. The number of ether oxygens (including phenoxy) is 1. The summed E-state index contributed by atoms with van der Waals surface area (Å²) in [6, 6.07) is 0. The van der Waals surface area contributed by atoms with Crippen LogP contribution in [0.3, 0.4) is 0 Å². The van der Waals surface area contributed by atoms with E-state index in [1.54, 1.807) is 7.11 Å². The number of hydrogen-bond acceptors (Lipinski definition) is 4. The zero-order chi connectivity index (χ0) is 14.4. The van der Waals surface area contributed by atoms with Crippen LogP contribution < -0.4 is 10.6 Å². The third-order valence-corrected chi connectivity index (χ3v) is 4.83. The van der Waals surface area contributed by atoms with Crippen molar-refractivity contribution < 1.29 is 9.53 Å². The average molecular weight is 356 g/mol. The van der Waals surface area contributed by atoms with Gasteiger partial charge in [-0.15, -0.1) is 24.8 Å². The molecule has 2 aliphatic heterocycles. The fraction of sp³-hybridized carbons (Fsp3) is 0.933. The highest BCUT2D eigenvalue weighted by Crippen LogP contribution is 2.29. The van der Waals surface area contributed by atoms with E-state index in [0.29, 0.717) is 12.5 Å². The molecule has 0 aromatic heterocycles. The highest BCUT2D eigenvalue weighted by Gasteiger charge is 2.39. The second kappa shape index (κ2) is 10.7. The molecule has 0 aliphatic carbocycles. The van der Waals surface area contributed by atoms with E-state index in [0.717, 1.165) is 45.6 Å². The zero-order valence-corrected chi connectivity index (χ0v) is 15.4. The molecule has 2 N–H and O–H groups in total. The molecule has 0 bridgehead atoms. The van der Waals surface area contributed by atoms with Crippen LogP contribution in [0.2, 0.25) is 0 Å². The second-order valence-corrected chi connectivity index (χ2v) is 6.22. The van der Waals surface area contributed by atoms with Gasteiger partial charge >= 0.3 is 0 Å². The van der Waals surface area contributed by atoms with E-state index >= 15 is 0 Å². The first-order chi connectivity index (χ1) is 9.70. The Labute approximate surface area is 146 Å². The van der Waals surface area contributed by atoms with Crippen molar-refractivity contribution in [3.05, 3.63) is 0 Å². The Kier molecular flexibility index (Phi) is 10.6. The van der Waals surface area contributed by atoms with Gasteiger partial charge in [0.15, 0.2) is 0 Å². The van der Waals surface area contributed by atoms with Crippen LogP contribution in [-0.4, -0.2) is 63.8 Å². The van der Waals surface area contributed by atoms with Crippen LogP contribution in [0.15, 0.2) is 0 Å². The predicted octanol–water partition coefficient (Wildman–Crippen LogP) is 1.30. The van der Waals surface area contributed by atoms with Crippen molar-refractivity contribution in [2.75, 3.05) is 53.0 Å². The normalized spacial score (nSPS) is 24.2. The first kappa shape index (κ1) is 21.9. The lowest BCUT2D eigenvalue weighted by Crippen LogP contribution is -2.51. The molecule has 1 atom stereocenters. The number of nitrogens with one attached hydrogen (secondary N) is 2. The second-order valence-electron chi connectivity index (χ2n) is 6.22. The maximum Gasteiger partial charge on any atom is 0.228 e. The smallest absolute Gasteiger partial charge is 0.228 e. The summed E-state index contributed by atoms with van der Waals surface area (Å²) >= 11 is 0. The Bertz CT molecular complexity index is 320. The fourth-order valence-corrected chi connectivity index (χ4v) is 3.41. The van der Waals surface area contributed by atoms with E-state index in [1.807, 2.05) is 0 Å². The first-order valence-electron chi connectivity index (χ1n) is 7.90. The van der Waals surface area contributed by atoms with E-state index in [9.17, 15) is 4.79 Å². The Balaban J connectivity index is 0.00000220. The summed E-state index contributed by atoms with van der Waals surface area (Å²) in [5.74, 6) is 0.802. The van der Waals surface area contributed by atoms with Gasteiger partial charge in [-0.1, -0.05) is 6.92 Å². The number of carbonyl (C=O) groups is 1. The fourth-order valence-electron chi connectivity index (χ4n) is 3.41. The third-order valence-electron chi connectivity index (χ3n) is 4.83. The number of nitrogens with zero attached hydrogens (tertiary/aromatic N) is 1. The van der Waals surface area contributed by atoms with Crippen LogP contribution in [0.25, 0.3) is 0 Å². The Morgan fingerprint density at radius 2 is 2.05 bits per heavy atom. The van der Waals surface area contributed by atoms with E-state index in [4.69, 9.17) is 4.74 Å². The summed E-state index contributed by atoms with van der Waals surface area (Å²) in [4.78, 5) is 15.0. The van der Waals surface area contributed by atoms with Crippen molar-refractivity contribution in [1.29, 1.82) is 0 Å². The molecule has 0 saturated carbocycles. The molecule has 132 valence electrons. The molecule has 1 amide bonds. The SMILES string of the molecule is CCN1CCC(CNC(=O)C2(COC)CCNCC2)C1.Cl.Cl. The third kappa shape index (κ3) is 5.53. The number of halogens is 2. The molecule has 0 aromatic carbocycles. The first-order valence-corrected chi connectivity index (χ1v) is 7.90. The van der Waals surface area contributed by atoms with Crippen molar-refractivity contribution in [2.45, 2.75) is 26.2 Å². The van der Waals surface area contributed by atoms with Crippen molar-refractivity contribution >= 4 is 30.7 Å². The molecule has 2 saturated heterocycles. The molecule has 0 radical (unpaired) electrons. The van der Waals surface area contributed by atoms with Crippen LogP contribution in [0.4, 0.5) is 0 Å². The molecule has 2 heterocycles. The van der Waals surface area contributed by atoms with Crippen LogP contribution in [0, 0.1) is 11.3 Å². The molecular weight excluding hydrogens is 325 g/mol. The average Bonchev–Trinajstić information content (AvgIpc) is 2.94. The summed E-state index contributed by atoms with van der Waals surface area (Å²) in [6.45, 7) is 8.77. The number of amides is 1. The highest BCUT2D eigenvalue weighted by molar-refractivity contribution is 5.85. The lowest BCUT2D eigenvalue weighted by molar-refractivity contribution is -0.136. The molecular formula is C15H31Cl2N3O2. The molecule has 1 unspecified atom stereocenters. The molecule has 5 nitrogen and oxygen atoms in total. The molecule has 0 aromatic rings. The van der Waals surface area contributed by atoms with Crippen LogP contribution in [-0.2, 0) is 9.53 Å². The van der Waals surface area contributed by atoms with E-state index < -0.39 is 0 Å². The quantitative estimate of drug-likeness (QED) is 0.754. The van der Waals surface area contributed by atoms with E-state index in [1.165, 1.54) is 13.0 Å². The standard InChI is InChI=1S/C15H29N3O2.2ClH/c1-3-18-9-4-13(11-18)10-17-14(19)15(12-20-2)5-7-16-8-6-15;;/h13,16H,3-12H2,1-2H3,(H,17,19);2*1H. The van der Waals surface area contributed by atoms with Gasteiger partial charge in [0.05, 0.1) is 12.0 Å². The molecule has 22 heavy (non-hydrogen) atoms. The van der Waals surface area contributed by atoms with E-state index in [2.05, 4.69) is 22.5 Å². The van der Waals surface area contributed by atoms with Gasteiger partial charge in [0, 0.05) is 20.2 Å². The topological polar surface area (TPSA) is 53.6 Å². The number of likely N-dealkylation sites (tertiary alicyclic amines) is 1. The van der Waals surface area contributed by atoms with Crippen LogP contribution >= 0.6 is 24.8 Å². The van der Waals surface area contributed by atoms with Gasteiger partial charge in [0.25, 0.3) is 0 Å². The van der Waals surface area contributed by atoms with Crippen molar-refractivity contribution in [3.8, 4) is 0 Å². The van der Waals surface area contributed by atoms with Crippen LogP contribution in [0.1, 0.15) is 26.2 Å². The van der Waals surface area contributed by atoms with Gasteiger partial charge in [-0.2, -0.15) is 0 Å². The number of methoxy groups -OCH3 is 1. The summed E-state index contributed by atoms with van der Waals surface area (Å²) in [5, 5.41) is 6.51. The Morgan fingerprint density at radius 1 is 1.36 bits per heavy atom. The lowest BCUT2D eigenvalue weighted by Gasteiger charge is -2.35. The molecule has 0 spiro atoms. The minimum absolute atomic E-state index is 0. The van der Waals surface area contributed by atoms with Gasteiger partial charge in [0.1, 0.15) is 0 Å². The van der Waals surface area contributed by atoms with Gasteiger partial charge in [-0.3, -0.25) is 4.79 Å². The predicted molar refractivity (Wildman–Crippen MR) is 94.1 cm³/mol. The molecule has 2 rings (SSSR count). The van der Waals surface area contributed by atoms with E-state index in [-0.39, 0.29) is 36.1 Å². The van der Waals surface area contributed by atoms with Gasteiger partial charge < -0.3 is 20.3 Å².